The largest absolute Gasteiger partial charge is 0.460 e. The van der Waals surface area contributed by atoms with Crippen LogP contribution in [0.5, 0.6) is 0 Å². The first-order valence-electron chi connectivity index (χ1n) is 6.97. The van der Waals surface area contributed by atoms with Crippen LogP contribution >= 0.6 is 11.3 Å². The fourth-order valence-electron chi connectivity index (χ4n) is 2.27. The van der Waals surface area contributed by atoms with Crippen molar-refractivity contribution in [1.82, 2.24) is 5.32 Å². The van der Waals surface area contributed by atoms with E-state index in [9.17, 15) is 4.79 Å². The van der Waals surface area contributed by atoms with E-state index in [0.29, 0.717) is 13.0 Å². The molecule has 1 heterocycles. The van der Waals surface area contributed by atoms with Gasteiger partial charge in [0.1, 0.15) is 5.60 Å². The first-order chi connectivity index (χ1) is 8.94. The van der Waals surface area contributed by atoms with Crippen molar-refractivity contribution in [3.63, 3.8) is 0 Å². The number of aryl methyl sites for hydroxylation is 2. The Balaban J connectivity index is 1.65. The summed E-state index contributed by atoms with van der Waals surface area (Å²) in [6.07, 6.45) is 4.23. The maximum Gasteiger partial charge on any atom is 0.307 e. The average molecular weight is 281 g/mol. The first kappa shape index (κ1) is 14.5. The number of hydrogen-bond donors (Lipinski definition) is 1. The van der Waals surface area contributed by atoms with E-state index in [0.717, 1.165) is 6.54 Å². The van der Waals surface area contributed by atoms with E-state index in [1.807, 2.05) is 32.1 Å². The molecule has 4 heteroatoms. The minimum absolute atomic E-state index is 0.131. The fourth-order valence-corrected chi connectivity index (χ4v) is 3.50. The quantitative estimate of drug-likeness (QED) is 0.666. The number of thiophene rings is 1. The van der Waals surface area contributed by atoms with Gasteiger partial charge in [-0.1, -0.05) is 0 Å². The van der Waals surface area contributed by atoms with Gasteiger partial charge in [-0.25, -0.2) is 0 Å². The summed E-state index contributed by atoms with van der Waals surface area (Å²) in [4.78, 5) is 14.5. The van der Waals surface area contributed by atoms with Crippen LogP contribution in [0.25, 0.3) is 0 Å². The third kappa shape index (κ3) is 4.62. The van der Waals surface area contributed by atoms with Gasteiger partial charge in [0.05, 0.1) is 6.42 Å². The highest BCUT2D eigenvalue weighted by molar-refractivity contribution is 7.12. The molecule has 0 spiro atoms. The van der Waals surface area contributed by atoms with Crippen LogP contribution in [-0.2, 0) is 28.9 Å². The third-order valence-corrected chi connectivity index (χ3v) is 4.26. The van der Waals surface area contributed by atoms with Gasteiger partial charge < -0.3 is 10.1 Å². The Morgan fingerprint density at radius 3 is 2.89 bits per heavy atom. The van der Waals surface area contributed by atoms with E-state index >= 15 is 0 Å². The molecule has 19 heavy (non-hydrogen) atoms. The topological polar surface area (TPSA) is 38.3 Å². The summed E-state index contributed by atoms with van der Waals surface area (Å²) >= 11 is 1.91. The molecular formula is C15H23NO2S. The number of nitrogens with one attached hydrogen (secondary N) is 1. The Morgan fingerprint density at radius 1 is 1.42 bits per heavy atom. The molecule has 0 fully saturated rings. The normalized spacial score (nSPS) is 14.5. The van der Waals surface area contributed by atoms with Gasteiger partial charge in [0.25, 0.3) is 0 Å². The van der Waals surface area contributed by atoms with Crippen molar-refractivity contribution < 1.29 is 9.53 Å². The van der Waals surface area contributed by atoms with Crippen LogP contribution in [0, 0.1) is 0 Å². The Labute approximate surface area is 119 Å². The van der Waals surface area contributed by atoms with E-state index in [2.05, 4.69) is 11.4 Å². The summed E-state index contributed by atoms with van der Waals surface area (Å²) in [5, 5.41) is 3.32. The molecule has 3 nitrogen and oxygen atoms in total. The summed E-state index contributed by atoms with van der Waals surface area (Å²) in [6.45, 7) is 7.22. The van der Waals surface area contributed by atoms with Crippen molar-refractivity contribution in [2.45, 2.75) is 58.6 Å². The Hall–Kier alpha value is -0.870. The standard InChI is InChI=1S/C15H23NO2S/c1-15(2,3)18-14(17)7-8-16-10-12-9-11-5-4-6-13(11)19-12/h9,16H,4-8,10H2,1-3H3. The van der Waals surface area contributed by atoms with Gasteiger partial charge in [0.15, 0.2) is 0 Å². The summed E-state index contributed by atoms with van der Waals surface area (Å²) in [5.41, 5.74) is 1.15. The van der Waals surface area contributed by atoms with Crippen LogP contribution in [0.4, 0.5) is 0 Å². The number of esters is 1. The number of fused-ring (bicyclic) bond motifs is 1. The average Bonchev–Trinajstić information content (AvgIpc) is 2.81. The molecule has 0 bridgehead atoms. The molecule has 0 aliphatic heterocycles. The van der Waals surface area contributed by atoms with Crippen molar-refractivity contribution in [1.29, 1.82) is 0 Å². The lowest BCUT2D eigenvalue weighted by Gasteiger charge is -2.19. The van der Waals surface area contributed by atoms with Crippen molar-refractivity contribution in [2.75, 3.05) is 6.54 Å². The second-order valence-corrected chi connectivity index (χ2v) is 7.25. The van der Waals surface area contributed by atoms with Crippen molar-refractivity contribution in [2.24, 2.45) is 0 Å². The predicted octanol–water partition coefficient (Wildman–Crippen LogP) is 3.06. The molecule has 0 unspecified atom stereocenters. The Morgan fingerprint density at radius 2 is 2.21 bits per heavy atom. The number of rotatable bonds is 5. The van der Waals surface area contributed by atoms with Gasteiger partial charge in [-0.15, -0.1) is 11.3 Å². The summed E-state index contributed by atoms with van der Waals surface area (Å²) < 4.78 is 5.26. The fraction of sp³-hybridized carbons (Fsp3) is 0.667. The molecule has 1 aromatic rings. The maximum atomic E-state index is 11.5. The van der Waals surface area contributed by atoms with Crippen LogP contribution in [0.15, 0.2) is 6.07 Å². The maximum absolute atomic E-state index is 11.5. The van der Waals surface area contributed by atoms with E-state index in [-0.39, 0.29) is 11.6 Å². The molecular weight excluding hydrogens is 258 g/mol. The van der Waals surface area contributed by atoms with Gasteiger partial charge in [-0.3, -0.25) is 4.79 Å². The summed E-state index contributed by atoms with van der Waals surface area (Å²) in [7, 11) is 0. The highest BCUT2D eigenvalue weighted by Crippen LogP contribution is 2.30. The van der Waals surface area contributed by atoms with Gasteiger partial charge in [0.2, 0.25) is 0 Å². The highest BCUT2D eigenvalue weighted by atomic mass is 32.1. The number of carbonyl (C=O) groups is 1. The van der Waals surface area contributed by atoms with E-state index in [1.54, 1.807) is 4.88 Å². The molecule has 0 amide bonds. The molecule has 1 aromatic heterocycles. The lowest BCUT2D eigenvalue weighted by molar-refractivity contribution is -0.154. The minimum Gasteiger partial charge on any atom is -0.460 e. The van der Waals surface area contributed by atoms with Gasteiger partial charge >= 0.3 is 5.97 Å². The Kier molecular flexibility index (Phi) is 4.63. The number of carbonyl (C=O) groups excluding carboxylic acids is 1. The van der Waals surface area contributed by atoms with Crippen LogP contribution in [0.3, 0.4) is 0 Å². The smallest absolute Gasteiger partial charge is 0.307 e. The molecule has 2 rings (SSSR count). The molecule has 0 saturated carbocycles. The van der Waals surface area contributed by atoms with Crippen molar-refractivity contribution in [3.05, 3.63) is 21.4 Å². The van der Waals surface area contributed by atoms with Gasteiger partial charge in [-0.05, 0) is 51.7 Å². The first-order valence-corrected chi connectivity index (χ1v) is 7.79. The lowest BCUT2D eigenvalue weighted by atomic mass is 10.2. The van der Waals surface area contributed by atoms with Crippen LogP contribution in [0.1, 0.15) is 48.9 Å². The molecule has 0 atom stereocenters. The molecule has 0 radical (unpaired) electrons. The monoisotopic (exact) mass is 281 g/mol. The second-order valence-electron chi connectivity index (χ2n) is 6.03. The van der Waals surface area contributed by atoms with Gasteiger partial charge in [-0.2, -0.15) is 0 Å². The zero-order chi connectivity index (χ0) is 13.9. The molecule has 1 aliphatic rings. The van der Waals surface area contributed by atoms with Crippen molar-refractivity contribution in [3.8, 4) is 0 Å². The summed E-state index contributed by atoms with van der Waals surface area (Å²) in [5.74, 6) is -0.131. The minimum atomic E-state index is -0.383. The molecule has 0 saturated heterocycles. The highest BCUT2D eigenvalue weighted by Gasteiger charge is 2.16. The molecule has 0 aromatic carbocycles. The van der Waals surface area contributed by atoms with Gasteiger partial charge in [0, 0.05) is 22.8 Å². The molecule has 1 aliphatic carbocycles. The number of hydrogen-bond acceptors (Lipinski definition) is 4. The zero-order valence-corrected chi connectivity index (χ0v) is 12.9. The lowest BCUT2D eigenvalue weighted by Crippen LogP contribution is -2.26. The zero-order valence-electron chi connectivity index (χ0n) is 12.0. The Bertz CT molecular complexity index is 424. The number of ether oxygens (including phenoxy) is 1. The second kappa shape index (κ2) is 6.06. The van der Waals surface area contributed by atoms with Crippen LogP contribution < -0.4 is 5.32 Å². The molecule has 1 N–H and O–H groups in total. The molecule has 106 valence electrons. The SMILES string of the molecule is CC(C)(C)OC(=O)CCNCc1cc2c(s1)CCC2. The van der Waals surface area contributed by atoms with E-state index < -0.39 is 0 Å². The summed E-state index contributed by atoms with van der Waals surface area (Å²) in [6, 6.07) is 2.31. The van der Waals surface area contributed by atoms with Crippen molar-refractivity contribution >= 4 is 17.3 Å². The van der Waals surface area contributed by atoms with E-state index in [4.69, 9.17) is 4.74 Å². The van der Waals surface area contributed by atoms with Crippen LogP contribution in [0.2, 0.25) is 0 Å². The van der Waals surface area contributed by atoms with Crippen LogP contribution in [-0.4, -0.2) is 18.1 Å². The third-order valence-electron chi connectivity index (χ3n) is 3.02. The van der Waals surface area contributed by atoms with E-state index in [1.165, 1.54) is 29.7 Å². The predicted molar refractivity (Wildman–Crippen MR) is 78.5 cm³/mol.